The van der Waals surface area contributed by atoms with Gasteiger partial charge in [-0.2, -0.15) is 0 Å². The van der Waals surface area contributed by atoms with E-state index in [4.69, 9.17) is 4.74 Å². The fourth-order valence-corrected chi connectivity index (χ4v) is 2.96. The molecule has 2 aromatic rings. The van der Waals surface area contributed by atoms with Gasteiger partial charge in [0, 0.05) is 18.7 Å². The summed E-state index contributed by atoms with van der Waals surface area (Å²) in [6.45, 7) is 7.52. The van der Waals surface area contributed by atoms with Crippen LogP contribution < -0.4 is 10.1 Å². The van der Waals surface area contributed by atoms with Crippen molar-refractivity contribution in [3.63, 3.8) is 0 Å². The molecule has 0 aliphatic rings. The summed E-state index contributed by atoms with van der Waals surface area (Å²) < 4.78 is 19.7. The Morgan fingerprint density at radius 2 is 1.79 bits per heavy atom. The first kappa shape index (κ1) is 21.4. The first-order chi connectivity index (χ1) is 13.3. The first-order valence-corrected chi connectivity index (χ1v) is 9.33. The Balaban J connectivity index is 2.17. The molecule has 0 fully saturated rings. The Morgan fingerprint density at radius 3 is 2.39 bits per heavy atom. The minimum absolute atomic E-state index is 0.0139. The lowest BCUT2D eigenvalue weighted by Crippen LogP contribution is -2.49. The third kappa shape index (κ3) is 5.81. The van der Waals surface area contributed by atoms with Crippen LogP contribution >= 0.6 is 0 Å². The van der Waals surface area contributed by atoms with Crippen LogP contribution in [0.1, 0.15) is 30.5 Å². The molecular formula is C22H27FN2O3. The third-order valence-electron chi connectivity index (χ3n) is 4.37. The Kier molecular flexibility index (Phi) is 7.55. The zero-order valence-corrected chi connectivity index (χ0v) is 16.8. The van der Waals surface area contributed by atoms with Crippen molar-refractivity contribution >= 4 is 11.8 Å². The van der Waals surface area contributed by atoms with Gasteiger partial charge >= 0.3 is 0 Å². The average molecular weight is 386 g/mol. The number of nitrogens with zero attached hydrogens (tertiary/aromatic N) is 1. The SMILES string of the molecule is CCNC(=O)[C@H](C)N(Cc1ccccc1F)C(=O)COc1cc(C)cc(C)c1. The summed E-state index contributed by atoms with van der Waals surface area (Å²) in [4.78, 5) is 26.5. The lowest BCUT2D eigenvalue weighted by Gasteiger charge is -2.28. The van der Waals surface area contributed by atoms with Gasteiger partial charge in [0.25, 0.3) is 5.91 Å². The van der Waals surface area contributed by atoms with Gasteiger partial charge in [-0.1, -0.05) is 24.3 Å². The van der Waals surface area contributed by atoms with Crippen molar-refractivity contribution in [3.8, 4) is 5.75 Å². The number of benzene rings is 2. The molecule has 1 atom stereocenters. The number of nitrogens with one attached hydrogen (secondary N) is 1. The summed E-state index contributed by atoms with van der Waals surface area (Å²) in [5, 5.41) is 2.70. The standard InChI is InChI=1S/C22H27FN2O3/c1-5-24-22(27)17(4)25(13-18-8-6-7-9-20(18)23)21(26)14-28-19-11-15(2)10-16(3)12-19/h6-12,17H,5,13-14H2,1-4H3,(H,24,27)/t17-/m0/s1. The van der Waals surface area contributed by atoms with Crippen molar-refractivity contribution in [2.45, 2.75) is 40.3 Å². The molecule has 0 bridgehead atoms. The highest BCUT2D eigenvalue weighted by molar-refractivity contribution is 5.87. The van der Waals surface area contributed by atoms with Crippen molar-refractivity contribution in [1.29, 1.82) is 0 Å². The predicted molar refractivity (Wildman–Crippen MR) is 107 cm³/mol. The molecule has 1 N–H and O–H groups in total. The van der Waals surface area contributed by atoms with Crippen molar-refractivity contribution in [3.05, 3.63) is 65.0 Å². The molecule has 0 spiro atoms. The van der Waals surface area contributed by atoms with Crippen molar-refractivity contribution in [1.82, 2.24) is 10.2 Å². The minimum atomic E-state index is -0.755. The summed E-state index contributed by atoms with van der Waals surface area (Å²) in [6, 6.07) is 11.2. The van der Waals surface area contributed by atoms with Crippen LogP contribution in [0, 0.1) is 19.7 Å². The molecule has 0 aromatic heterocycles. The minimum Gasteiger partial charge on any atom is -0.484 e. The predicted octanol–water partition coefficient (Wildman–Crippen LogP) is 3.37. The Labute approximate surface area is 165 Å². The molecule has 2 aromatic carbocycles. The normalized spacial score (nSPS) is 11.6. The number of likely N-dealkylation sites (N-methyl/N-ethyl adjacent to an activating group) is 1. The van der Waals surface area contributed by atoms with Crippen LogP contribution in [0.2, 0.25) is 0 Å². The van der Waals surface area contributed by atoms with Crippen LogP contribution in [0.4, 0.5) is 4.39 Å². The van der Waals surface area contributed by atoms with Gasteiger partial charge in [0.1, 0.15) is 17.6 Å². The number of hydrogen-bond donors (Lipinski definition) is 1. The zero-order valence-electron chi connectivity index (χ0n) is 16.8. The second-order valence-electron chi connectivity index (χ2n) is 6.80. The Hall–Kier alpha value is -2.89. The number of rotatable bonds is 8. The lowest BCUT2D eigenvalue weighted by atomic mass is 10.1. The van der Waals surface area contributed by atoms with Crippen molar-refractivity contribution in [2.75, 3.05) is 13.2 Å². The molecule has 0 unspecified atom stereocenters. The molecular weight excluding hydrogens is 359 g/mol. The molecule has 0 heterocycles. The summed E-state index contributed by atoms with van der Waals surface area (Å²) in [5.41, 5.74) is 2.40. The van der Waals surface area contributed by atoms with Crippen molar-refractivity contribution < 1.29 is 18.7 Å². The zero-order chi connectivity index (χ0) is 20.7. The quantitative estimate of drug-likeness (QED) is 0.757. The van der Waals surface area contributed by atoms with E-state index in [-0.39, 0.29) is 25.0 Å². The molecule has 150 valence electrons. The van der Waals surface area contributed by atoms with E-state index in [1.54, 1.807) is 32.0 Å². The summed E-state index contributed by atoms with van der Waals surface area (Å²) in [5.74, 6) is -0.513. The van der Waals surface area contributed by atoms with Gasteiger partial charge in [-0.3, -0.25) is 9.59 Å². The second kappa shape index (κ2) is 9.88. The molecule has 28 heavy (non-hydrogen) atoms. The Morgan fingerprint density at radius 1 is 1.14 bits per heavy atom. The lowest BCUT2D eigenvalue weighted by molar-refractivity contribution is -0.142. The van der Waals surface area contributed by atoms with Crippen LogP contribution in [0.3, 0.4) is 0 Å². The summed E-state index contributed by atoms with van der Waals surface area (Å²) >= 11 is 0. The Bertz CT molecular complexity index is 818. The van der Waals surface area contributed by atoms with Gasteiger partial charge < -0.3 is 15.0 Å². The molecule has 6 heteroatoms. The van der Waals surface area contributed by atoms with Crippen LogP contribution in [0.25, 0.3) is 0 Å². The number of ether oxygens (including phenoxy) is 1. The maximum Gasteiger partial charge on any atom is 0.261 e. The maximum atomic E-state index is 14.1. The van der Waals surface area contributed by atoms with Crippen LogP contribution in [-0.4, -0.2) is 35.9 Å². The van der Waals surface area contributed by atoms with Crippen molar-refractivity contribution in [2.24, 2.45) is 0 Å². The third-order valence-corrected chi connectivity index (χ3v) is 4.37. The van der Waals surface area contributed by atoms with E-state index in [0.717, 1.165) is 11.1 Å². The second-order valence-corrected chi connectivity index (χ2v) is 6.80. The molecule has 0 radical (unpaired) electrons. The molecule has 0 aliphatic carbocycles. The van der Waals surface area contributed by atoms with E-state index in [1.807, 2.05) is 32.0 Å². The van der Waals surface area contributed by atoms with Crippen LogP contribution in [0.15, 0.2) is 42.5 Å². The smallest absolute Gasteiger partial charge is 0.261 e. The van der Waals surface area contributed by atoms with E-state index in [0.29, 0.717) is 17.9 Å². The van der Waals surface area contributed by atoms with Gasteiger partial charge in [-0.15, -0.1) is 0 Å². The number of hydrogen-bond acceptors (Lipinski definition) is 3. The summed E-state index contributed by atoms with van der Waals surface area (Å²) in [6.07, 6.45) is 0. The number of carbonyl (C=O) groups is 2. The molecule has 2 rings (SSSR count). The average Bonchev–Trinajstić information content (AvgIpc) is 2.64. The number of halogens is 1. The largest absolute Gasteiger partial charge is 0.484 e. The number of aryl methyl sites for hydroxylation is 2. The van der Waals surface area contributed by atoms with Gasteiger partial charge in [0.15, 0.2) is 6.61 Å². The highest BCUT2D eigenvalue weighted by Gasteiger charge is 2.27. The topological polar surface area (TPSA) is 58.6 Å². The number of amides is 2. The van der Waals surface area contributed by atoms with Gasteiger partial charge in [-0.25, -0.2) is 4.39 Å². The highest BCUT2D eigenvalue weighted by Crippen LogP contribution is 2.17. The molecule has 2 amide bonds. The monoisotopic (exact) mass is 386 g/mol. The van der Waals surface area contributed by atoms with E-state index >= 15 is 0 Å². The maximum absolute atomic E-state index is 14.1. The fraction of sp³-hybridized carbons (Fsp3) is 0.364. The van der Waals surface area contributed by atoms with Gasteiger partial charge in [-0.05, 0) is 57.0 Å². The van der Waals surface area contributed by atoms with Gasteiger partial charge in [0.05, 0.1) is 0 Å². The van der Waals surface area contributed by atoms with E-state index in [9.17, 15) is 14.0 Å². The summed E-state index contributed by atoms with van der Waals surface area (Å²) in [7, 11) is 0. The van der Waals surface area contributed by atoms with E-state index < -0.39 is 11.9 Å². The fourth-order valence-electron chi connectivity index (χ4n) is 2.96. The molecule has 0 aliphatic heterocycles. The highest BCUT2D eigenvalue weighted by atomic mass is 19.1. The van der Waals surface area contributed by atoms with Gasteiger partial charge in [0.2, 0.25) is 5.91 Å². The van der Waals surface area contributed by atoms with E-state index in [1.165, 1.54) is 11.0 Å². The number of carbonyl (C=O) groups excluding carboxylic acids is 2. The van der Waals surface area contributed by atoms with Crippen LogP contribution in [-0.2, 0) is 16.1 Å². The molecule has 0 saturated carbocycles. The molecule has 5 nitrogen and oxygen atoms in total. The molecule has 0 saturated heterocycles. The van der Waals surface area contributed by atoms with Crippen LogP contribution in [0.5, 0.6) is 5.75 Å². The van der Waals surface area contributed by atoms with E-state index in [2.05, 4.69) is 5.32 Å². The first-order valence-electron chi connectivity index (χ1n) is 9.33.